The molecule has 35 heavy (non-hydrogen) atoms. The molecule has 0 saturated carbocycles. The molecule has 0 aliphatic rings. The van der Waals surface area contributed by atoms with E-state index >= 15 is 0 Å². The van der Waals surface area contributed by atoms with Crippen LogP contribution in [0.3, 0.4) is 0 Å². The van der Waals surface area contributed by atoms with Gasteiger partial charge in [0.2, 0.25) is 0 Å². The number of nitrogens with one attached hydrogen (secondary N) is 3. The molecule has 0 saturated heterocycles. The molecule has 2 heterocycles. The Morgan fingerprint density at radius 2 is 1.86 bits per heavy atom. The van der Waals surface area contributed by atoms with E-state index in [-0.39, 0.29) is 28.2 Å². The molecule has 2 aromatic carbocycles. The van der Waals surface area contributed by atoms with Crippen LogP contribution in [-0.4, -0.2) is 33.3 Å². The third kappa shape index (κ3) is 5.37. The molecule has 178 valence electrons. The second-order valence-electron chi connectivity index (χ2n) is 7.90. The van der Waals surface area contributed by atoms with Crippen LogP contribution < -0.4 is 21.9 Å². The van der Waals surface area contributed by atoms with Crippen molar-refractivity contribution in [3.63, 3.8) is 0 Å². The van der Waals surface area contributed by atoms with Gasteiger partial charge >= 0.3 is 0 Å². The van der Waals surface area contributed by atoms with E-state index < -0.39 is 11.5 Å². The molecule has 0 aliphatic carbocycles. The molecule has 1 unspecified atom stereocenters. The second-order valence-corrected chi connectivity index (χ2v) is 8.30. The molecule has 9 nitrogen and oxygen atoms in total. The van der Waals surface area contributed by atoms with E-state index in [4.69, 9.17) is 17.3 Å². The first-order valence-corrected chi connectivity index (χ1v) is 11.3. The van der Waals surface area contributed by atoms with E-state index in [0.29, 0.717) is 35.3 Å². The highest BCUT2D eigenvalue weighted by Crippen LogP contribution is 2.25. The Labute approximate surface area is 205 Å². The number of aromatic nitrogens is 3. The summed E-state index contributed by atoms with van der Waals surface area (Å²) in [6, 6.07) is 15.2. The number of amides is 2. The Bertz CT molecular complexity index is 1460. The smallest absolute Gasteiger partial charge is 0.262 e. The molecule has 0 fully saturated rings. The van der Waals surface area contributed by atoms with Gasteiger partial charge in [0.25, 0.3) is 17.4 Å². The zero-order chi connectivity index (χ0) is 24.9. The van der Waals surface area contributed by atoms with Crippen molar-refractivity contribution >= 4 is 40.1 Å². The van der Waals surface area contributed by atoms with Gasteiger partial charge in [-0.2, -0.15) is 0 Å². The molecule has 4 rings (SSSR count). The first-order chi connectivity index (χ1) is 16.9. The third-order valence-corrected chi connectivity index (χ3v) is 5.86. The SMILES string of the molecule is Cc1ncnc2[nH]c(=O)c(C(=O)Nc3cc(C(=O)NC(CCN)c4ccccc4)ccc3Cl)cc12. The maximum atomic E-state index is 13.0. The predicted octanol–water partition coefficient (Wildman–Crippen LogP) is 3.35. The number of rotatable bonds is 7. The number of carbonyl (C=O) groups excluding carboxylic acids is 2. The summed E-state index contributed by atoms with van der Waals surface area (Å²) in [6.07, 6.45) is 1.89. The van der Waals surface area contributed by atoms with E-state index in [2.05, 4.69) is 25.6 Å². The van der Waals surface area contributed by atoms with Crippen LogP contribution in [0.5, 0.6) is 0 Å². The van der Waals surface area contributed by atoms with Crippen molar-refractivity contribution in [3.8, 4) is 0 Å². The molecule has 0 bridgehead atoms. The fraction of sp³-hybridized carbons (Fsp3) is 0.160. The highest BCUT2D eigenvalue weighted by atomic mass is 35.5. The van der Waals surface area contributed by atoms with Crippen molar-refractivity contribution in [3.05, 3.63) is 98.7 Å². The summed E-state index contributed by atoms with van der Waals surface area (Å²) >= 11 is 6.27. The summed E-state index contributed by atoms with van der Waals surface area (Å²) in [7, 11) is 0. The number of pyridine rings is 1. The van der Waals surface area contributed by atoms with Gasteiger partial charge in [-0.3, -0.25) is 14.4 Å². The van der Waals surface area contributed by atoms with Crippen molar-refractivity contribution in [2.24, 2.45) is 5.73 Å². The number of fused-ring (bicyclic) bond motifs is 1. The van der Waals surface area contributed by atoms with Gasteiger partial charge in [-0.25, -0.2) is 9.97 Å². The van der Waals surface area contributed by atoms with Gasteiger partial charge in [0.05, 0.1) is 22.4 Å². The van der Waals surface area contributed by atoms with E-state index in [0.717, 1.165) is 5.56 Å². The summed E-state index contributed by atoms with van der Waals surface area (Å²) in [5, 5.41) is 6.36. The fourth-order valence-electron chi connectivity index (χ4n) is 3.68. The first kappa shape index (κ1) is 24.1. The van der Waals surface area contributed by atoms with Crippen molar-refractivity contribution < 1.29 is 9.59 Å². The van der Waals surface area contributed by atoms with Crippen LogP contribution in [0.25, 0.3) is 11.0 Å². The Morgan fingerprint density at radius 1 is 1.09 bits per heavy atom. The number of H-pyrrole nitrogens is 1. The van der Waals surface area contributed by atoms with Gasteiger partial charge in [-0.1, -0.05) is 41.9 Å². The van der Waals surface area contributed by atoms with Crippen LogP contribution in [0.1, 0.15) is 44.4 Å². The van der Waals surface area contributed by atoms with Crippen LogP contribution in [0, 0.1) is 6.92 Å². The second kappa shape index (κ2) is 10.5. The number of benzene rings is 2. The number of aryl methyl sites for hydroxylation is 1. The minimum absolute atomic E-state index is 0.131. The standard InChI is InChI=1S/C25H23ClN6O3/c1-14-17-12-18(25(35)32-22(17)29-13-28-14)24(34)31-21-11-16(7-8-19(21)26)23(33)30-20(9-10-27)15-5-3-2-4-6-15/h2-8,11-13,20H,9-10,27H2,1H3,(H,30,33)(H,31,34)(H,28,29,32,35). The summed E-state index contributed by atoms with van der Waals surface area (Å²) in [5.41, 5.74) is 7.37. The minimum Gasteiger partial charge on any atom is -0.345 e. The van der Waals surface area contributed by atoms with Crippen LogP contribution in [0.2, 0.25) is 5.02 Å². The lowest BCUT2D eigenvalue weighted by Gasteiger charge is -2.19. The average molecular weight is 491 g/mol. The van der Waals surface area contributed by atoms with Crippen LogP contribution in [0.4, 0.5) is 5.69 Å². The van der Waals surface area contributed by atoms with Crippen LogP contribution in [0.15, 0.2) is 65.7 Å². The highest BCUT2D eigenvalue weighted by Gasteiger charge is 2.19. The molecule has 5 N–H and O–H groups in total. The Balaban J connectivity index is 1.58. The lowest BCUT2D eigenvalue weighted by molar-refractivity contribution is 0.0934. The van der Waals surface area contributed by atoms with Crippen molar-refractivity contribution in [2.75, 3.05) is 11.9 Å². The summed E-state index contributed by atoms with van der Waals surface area (Å²) in [5.74, 6) is -1.03. The number of nitrogens with zero attached hydrogens (tertiary/aromatic N) is 2. The first-order valence-electron chi connectivity index (χ1n) is 10.9. The van der Waals surface area contributed by atoms with Gasteiger partial charge in [-0.15, -0.1) is 0 Å². The maximum Gasteiger partial charge on any atom is 0.262 e. The van der Waals surface area contributed by atoms with Crippen LogP contribution >= 0.6 is 11.6 Å². The number of hydrogen-bond acceptors (Lipinski definition) is 6. The number of halogens is 1. The number of nitrogens with two attached hydrogens (primary N) is 1. The summed E-state index contributed by atoms with van der Waals surface area (Å²) in [4.78, 5) is 49.1. The van der Waals surface area contributed by atoms with E-state index in [1.807, 2.05) is 30.3 Å². The van der Waals surface area contributed by atoms with E-state index in [1.54, 1.807) is 13.0 Å². The zero-order valence-corrected chi connectivity index (χ0v) is 19.6. The normalized spacial score (nSPS) is 11.7. The summed E-state index contributed by atoms with van der Waals surface area (Å²) < 4.78 is 0. The number of carbonyl (C=O) groups is 2. The quantitative estimate of drug-likeness (QED) is 0.313. The molecule has 4 aromatic rings. The lowest BCUT2D eigenvalue weighted by atomic mass is 10.0. The average Bonchev–Trinajstić information content (AvgIpc) is 2.85. The molecular formula is C25H23ClN6O3. The van der Waals surface area contributed by atoms with E-state index in [1.165, 1.54) is 24.5 Å². The van der Waals surface area contributed by atoms with Gasteiger partial charge in [0.15, 0.2) is 0 Å². The third-order valence-electron chi connectivity index (χ3n) is 5.53. The predicted molar refractivity (Wildman–Crippen MR) is 135 cm³/mol. The van der Waals surface area contributed by atoms with Gasteiger partial charge in [-0.05, 0) is 49.7 Å². The van der Waals surface area contributed by atoms with Crippen molar-refractivity contribution in [1.82, 2.24) is 20.3 Å². The Morgan fingerprint density at radius 3 is 2.60 bits per heavy atom. The molecule has 2 amide bonds. The van der Waals surface area contributed by atoms with Crippen molar-refractivity contribution in [1.29, 1.82) is 0 Å². The molecule has 0 aliphatic heterocycles. The largest absolute Gasteiger partial charge is 0.345 e. The highest BCUT2D eigenvalue weighted by molar-refractivity contribution is 6.34. The topological polar surface area (TPSA) is 143 Å². The number of hydrogen-bond donors (Lipinski definition) is 4. The van der Waals surface area contributed by atoms with E-state index in [9.17, 15) is 14.4 Å². The molecule has 10 heteroatoms. The van der Waals surface area contributed by atoms with Crippen molar-refractivity contribution in [2.45, 2.75) is 19.4 Å². The lowest BCUT2D eigenvalue weighted by Crippen LogP contribution is -2.30. The van der Waals surface area contributed by atoms with Gasteiger partial charge in [0, 0.05) is 10.9 Å². The maximum absolute atomic E-state index is 13.0. The number of anilines is 1. The molecule has 0 spiro atoms. The number of aromatic amines is 1. The zero-order valence-electron chi connectivity index (χ0n) is 18.8. The van der Waals surface area contributed by atoms with Gasteiger partial charge < -0.3 is 21.4 Å². The van der Waals surface area contributed by atoms with Crippen LogP contribution in [-0.2, 0) is 0 Å². The monoisotopic (exact) mass is 490 g/mol. The molecular weight excluding hydrogens is 468 g/mol. The minimum atomic E-state index is -0.679. The molecule has 0 radical (unpaired) electrons. The Hall–Kier alpha value is -4.08. The van der Waals surface area contributed by atoms with Gasteiger partial charge in [0.1, 0.15) is 17.5 Å². The Kier molecular flexibility index (Phi) is 7.19. The molecule has 1 atom stereocenters. The fourth-order valence-corrected chi connectivity index (χ4v) is 3.84. The summed E-state index contributed by atoms with van der Waals surface area (Å²) in [6.45, 7) is 2.14. The molecule has 2 aromatic heterocycles.